The molecule has 0 saturated heterocycles. The van der Waals surface area contributed by atoms with Gasteiger partial charge in [-0.3, -0.25) is 4.79 Å². The minimum absolute atomic E-state index is 0.211. The molecule has 0 fully saturated rings. The Balaban J connectivity index is 4.35. The lowest BCUT2D eigenvalue weighted by molar-refractivity contribution is -0.115. The second-order valence-electron chi connectivity index (χ2n) is 2.33. The lowest BCUT2D eigenvalue weighted by Gasteiger charge is -2.01. The number of nitrogens with one attached hydrogen (secondary N) is 1. The molecule has 0 aliphatic carbocycles. The molecule has 0 atom stereocenters. The second-order valence-corrected chi connectivity index (χ2v) is 4.07. The minimum atomic E-state index is -3.47. The minimum Gasteiger partial charge on any atom is -0.327 e. The summed E-state index contributed by atoms with van der Waals surface area (Å²) in [6, 6.07) is 0. The van der Waals surface area contributed by atoms with Gasteiger partial charge in [0, 0.05) is 12.1 Å². The lowest BCUT2D eigenvalue weighted by atomic mass is 10.3. The third kappa shape index (κ3) is 4.86. The number of carbonyl (C=O) groups is 1. The normalized spacial score (nSPS) is 12.8. The Bertz CT molecular complexity index is 292. The smallest absolute Gasteiger partial charge is 0.260 e. The van der Waals surface area contributed by atoms with Crippen molar-refractivity contribution >= 4 is 15.9 Å². The molecule has 0 heterocycles. The van der Waals surface area contributed by atoms with Crippen molar-refractivity contribution in [2.45, 2.75) is 6.92 Å². The van der Waals surface area contributed by atoms with E-state index < -0.39 is 15.9 Å². The highest BCUT2D eigenvalue weighted by molar-refractivity contribution is 7.89. The molecule has 0 aromatic carbocycles. The summed E-state index contributed by atoms with van der Waals surface area (Å²) >= 11 is 0. The standard InChI is InChI=1S/C6H12N2O3S/c1-5(3-4-7)6(9)8-12(2,10)11/h3H,4,7H2,1-2H3,(H,8,9)/b5-3+. The van der Waals surface area contributed by atoms with Gasteiger partial charge in [-0.15, -0.1) is 0 Å². The second kappa shape index (κ2) is 4.22. The fourth-order valence-electron chi connectivity index (χ4n) is 0.518. The number of carbonyl (C=O) groups excluding carboxylic acids is 1. The molecule has 0 unspecified atom stereocenters. The van der Waals surface area contributed by atoms with E-state index in [1.807, 2.05) is 4.72 Å². The van der Waals surface area contributed by atoms with Gasteiger partial charge in [-0.25, -0.2) is 13.1 Å². The summed E-state index contributed by atoms with van der Waals surface area (Å²) in [6.45, 7) is 1.70. The molecule has 1 amide bonds. The molecular formula is C6H12N2O3S. The van der Waals surface area contributed by atoms with E-state index in [1.165, 1.54) is 13.0 Å². The van der Waals surface area contributed by atoms with E-state index in [4.69, 9.17) is 5.73 Å². The molecule has 70 valence electrons. The molecule has 0 radical (unpaired) electrons. The zero-order valence-corrected chi connectivity index (χ0v) is 7.81. The molecule has 0 aromatic heterocycles. The molecule has 0 saturated carbocycles. The zero-order chi connectivity index (χ0) is 9.78. The van der Waals surface area contributed by atoms with Crippen molar-refractivity contribution in [1.82, 2.24) is 4.72 Å². The summed E-state index contributed by atoms with van der Waals surface area (Å²) in [6.07, 6.45) is 2.36. The Morgan fingerprint density at radius 1 is 1.58 bits per heavy atom. The van der Waals surface area contributed by atoms with Crippen molar-refractivity contribution < 1.29 is 13.2 Å². The van der Waals surface area contributed by atoms with Crippen LogP contribution in [-0.2, 0) is 14.8 Å². The number of hydrogen-bond acceptors (Lipinski definition) is 4. The van der Waals surface area contributed by atoms with Gasteiger partial charge in [0.25, 0.3) is 5.91 Å². The van der Waals surface area contributed by atoms with Crippen LogP contribution in [0.25, 0.3) is 0 Å². The summed E-state index contributed by atoms with van der Waals surface area (Å²) in [4.78, 5) is 10.9. The van der Waals surface area contributed by atoms with Gasteiger partial charge in [-0.2, -0.15) is 0 Å². The van der Waals surface area contributed by atoms with E-state index in [0.29, 0.717) is 5.57 Å². The van der Waals surface area contributed by atoms with Crippen LogP contribution in [0.4, 0.5) is 0 Å². The van der Waals surface area contributed by atoms with Gasteiger partial charge in [0.05, 0.1) is 6.26 Å². The van der Waals surface area contributed by atoms with Crippen molar-refractivity contribution in [3.05, 3.63) is 11.6 Å². The maximum atomic E-state index is 10.9. The van der Waals surface area contributed by atoms with Crippen LogP contribution < -0.4 is 10.5 Å². The maximum absolute atomic E-state index is 10.9. The molecule has 6 heteroatoms. The third-order valence-corrected chi connectivity index (χ3v) is 1.62. The largest absolute Gasteiger partial charge is 0.327 e. The van der Waals surface area contributed by atoms with Crippen molar-refractivity contribution in [2.75, 3.05) is 12.8 Å². The van der Waals surface area contributed by atoms with Crippen LogP contribution >= 0.6 is 0 Å². The Kier molecular flexibility index (Phi) is 3.91. The highest BCUT2D eigenvalue weighted by Gasteiger charge is 2.08. The van der Waals surface area contributed by atoms with Crippen LogP contribution in [0, 0.1) is 0 Å². The van der Waals surface area contributed by atoms with Gasteiger partial charge in [-0.05, 0) is 6.92 Å². The number of amides is 1. The zero-order valence-electron chi connectivity index (χ0n) is 6.99. The van der Waals surface area contributed by atoms with Gasteiger partial charge in [0.15, 0.2) is 0 Å². The fraction of sp³-hybridized carbons (Fsp3) is 0.500. The average molecular weight is 192 g/mol. The molecule has 0 bridgehead atoms. The average Bonchev–Trinajstić information content (AvgIpc) is 1.84. The van der Waals surface area contributed by atoms with E-state index in [9.17, 15) is 13.2 Å². The quantitative estimate of drug-likeness (QED) is 0.559. The van der Waals surface area contributed by atoms with Crippen LogP contribution in [0.3, 0.4) is 0 Å². The van der Waals surface area contributed by atoms with Gasteiger partial charge in [0.1, 0.15) is 0 Å². The van der Waals surface area contributed by atoms with Crippen LogP contribution in [0.5, 0.6) is 0 Å². The lowest BCUT2D eigenvalue weighted by Crippen LogP contribution is -2.30. The SMILES string of the molecule is C/C(=C\CN)C(=O)NS(C)(=O)=O. The Morgan fingerprint density at radius 2 is 2.08 bits per heavy atom. The van der Waals surface area contributed by atoms with Crippen molar-refractivity contribution in [3.63, 3.8) is 0 Å². The van der Waals surface area contributed by atoms with E-state index >= 15 is 0 Å². The number of rotatable bonds is 3. The van der Waals surface area contributed by atoms with Crippen LogP contribution in [0.2, 0.25) is 0 Å². The monoisotopic (exact) mass is 192 g/mol. The predicted molar refractivity (Wildman–Crippen MR) is 45.8 cm³/mol. The molecule has 3 N–H and O–H groups in total. The van der Waals surface area contributed by atoms with E-state index in [-0.39, 0.29) is 6.54 Å². The molecule has 0 rings (SSSR count). The highest BCUT2D eigenvalue weighted by atomic mass is 32.2. The Hall–Kier alpha value is -0.880. The summed E-state index contributed by atoms with van der Waals surface area (Å²) in [5, 5.41) is 0. The molecule has 12 heavy (non-hydrogen) atoms. The fourth-order valence-corrected chi connectivity index (χ4v) is 1.02. The summed E-state index contributed by atoms with van der Waals surface area (Å²) in [7, 11) is -3.47. The number of hydrogen-bond donors (Lipinski definition) is 2. The van der Waals surface area contributed by atoms with Gasteiger partial charge in [-0.1, -0.05) is 6.08 Å². The topological polar surface area (TPSA) is 89.3 Å². The molecule has 0 spiro atoms. The number of nitrogens with two attached hydrogens (primary N) is 1. The molecule has 0 aromatic rings. The van der Waals surface area contributed by atoms with E-state index in [1.54, 1.807) is 0 Å². The Morgan fingerprint density at radius 3 is 2.42 bits per heavy atom. The van der Waals surface area contributed by atoms with E-state index in [2.05, 4.69) is 0 Å². The van der Waals surface area contributed by atoms with E-state index in [0.717, 1.165) is 6.26 Å². The van der Waals surface area contributed by atoms with Crippen molar-refractivity contribution in [2.24, 2.45) is 5.73 Å². The summed E-state index contributed by atoms with van der Waals surface area (Å²) in [5.41, 5.74) is 5.42. The third-order valence-electron chi connectivity index (χ3n) is 1.06. The molecule has 0 aliphatic heterocycles. The van der Waals surface area contributed by atoms with Crippen molar-refractivity contribution in [3.8, 4) is 0 Å². The summed E-state index contributed by atoms with van der Waals surface area (Å²) < 4.78 is 22.9. The molecule has 0 aliphatic rings. The first kappa shape index (κ1) is 11.1. The van der Waals surface area contributed by atoms with Gasteiger partial charge < -0.3 is 5.73 Å². The first-order valence-electron chi connectivity index (χ1n) is 3.26. The summed E-state index contributed by atoms with van der Waals surface area (Å²) in [5.74, 6) is -0.636. The van der Waals surface area contributed by atoms with Gasteiger partial charge in [0.2, 0.25) is 10.0 Å². The molecular weight excluding hydrogens is 180 g/mol. The first-order chi connectivity index (χ1) is 5.37. The maximum Gasteiger partial charge on any atom is 0.260 e. The first-order valence-corrected chi connectivity index (χ1v) is 5.15. The van der Waals surface area contributed by atoms with Crippen LogP contribution in [0.1, 0.15) is 6.92 Å². The van der Waals surface area contributed by atoms with Gasteiger partial charge >= 0.3 is 0 Å². The van der Waals surface area contributed by atoms with Crippen LogP contribution in [0.15, 0.2) is 11.6 Å². The highest BCUT2D eigenvalue weighted by Crippen LogP contribution is 1.91. The predicted octanol–water partition coefficient (Wildman–Crippen LogP) is -1.03. The van der Waals surface area contributed by atoms with Crippen LogP contribution in [-0.4, -0.2) is 27.1 Å². The Labute approximate surface area is 71.7 Å². The number of sulfonamides is 1. The molecule has 5 nitrogen and oxygen atoms in total. The van der Waals surface area contributed by atoms with Crippen molar-refractivity contribution in [1.29, 1.82) is 0 Å².